The molecule has 0 amide bonds. The summed E-state index contributed by atoms with van der Waals surface area (Å²) in [6.07, 6.45) is 3.54. The summed E-state index contributed by atoms with van der Waals surface area (Å²) in [5, 5.41) is 4.30. The highest BCUT2D eigenvalue weighted by Crippen LogP contribution is 2.25. The molecule has 0 saturated carbocycles. The summed E-state index contributed by atoms with van der Waals surface area (Å²) in [5.41, 5.74) is 3.78. The number of anilines is 2. The lowest BCUT2D eigenvalue weighted by Crippen LogP contribution is -2.36. The average molecular weight is 467 g/mol. The predicted molar refractivity (Wildman–Crippen MR) is 138 cm³/mol. The number of hydrogen-bond donors (Lipinski definition) is 0. The van der Waals surface area contributed by atoms with Crippen molar-refractivity contribution >= 4 is 22.7 Å². The molecule has 2 aromatic heterocycles. The number of fused-ring (bicyclic) bond motifs is 1. The van der Waals surface area contributed by atoms with Crippen molar-refractivity contribution in [3.05, 3.63) is 46.4 Å². The van der Waals surface area contributed by atoms with E-state index in [0.29, 0.717) is 24.1 Å². The molecular weight excluding hydrogens is 428 g/mol. The zero-order valence-corrected chi connectivity index (χ0v) is 21.3. The Bertz CT molecular complexity index is 1170. The Hall–Kier alpha value is -2.87. The second-order valence-electron chi connectivity index (χ2n) is 10.4. The standard InChI is InChI=1S/C26H38N6O2/c1-6-11-32-24(33)23-22(18-27-29(23)5)28-25(32)31(12-10-26(2,3)4)19-20-8-7-9-21(17-20)30-13-15-34-16-14-30/h7-9,17-18H,6,10-16,19H2,1-5H3. The molecule has 0 aliphatic carbocycles. The number of aromatic nitrogens is 4. The largest absolute Gasteiger partial charge is 0.378 e. The molecule has 1 aliphatic rings. The van der Waals surface area contributed by atoms with Crippen LogP contribution in [0.5, 0.6) is 0 Å². The van der Waals surface area contributed by atoms with Crippen LogP contribution in [0.1, 0.15) is 46.1 Å². The second kappa shape index (κ2) is 10.2. The van der Waals surface area contributed by atoms with Crippen molar-refractivity contribution in [3.8, 4) is 0 Å². The molecule has 1 saturated heterocycles. The van der Waals surface area contributed by atoms with Gasteiger partial charge in [-0.25, -0.2) is 4.98 Å². The second-order valence-corrected chi connectivity index (χ2v) is 10.4. The lowest BCUT2D eigenvalue weighted by Gasteiger charge is -2.31. The first-order valence-corrected chi connectivity index (χ1v) is 12.4. The van der Waals surface area contributed by atoms with Crippen LogP contribution in [0.25, 0.3) is 11.0 Å². The Morgan fingerprint density at radius 3 is 2.65 bits per heavy atom. The van der Waals surface area contributed by atoms with E-state index in [-0.39, 0.29) is 11.0 Å². The van der Waals surface area contributed by atoms with Gasteiger partial charge in [0.1, 0.15) is 5.52 Å². The number of rotatable bonds is 8. The normalized spacial score (nSPS) is 14.7. The third-order valence-electron chi connectivity index (χ3n) is 6.35. The van der Waals surface area contributed by atoms with Gasteiger partial charge in [0.25, 0.3) is 5.56 Å². The maximum absolute atomic E-state index is 13.5. The predicted octanol–water partition coefficient (Wildman–Crippen LogP) is 3.82. The van der Waals surface area contributed by atoms with Gasteiger partial charge in [-0.3, -0.25) is 14.0 Å². The number of benzene rings is 1. The minimum absolute atomic E-state index is 0.0234. The number of ether oxygens (including phenoxy) is 1. The third-order valence-corrected chi connectivity index (χ3v) is 6.35. The molecule has 8 nitrogen and oxygen atoms in total. The van der Waals surface area contributed by atoms with Gasteiger partial charge in [0.15, 0.2) is 5.52 Å². The van der Waals surface area contributed by atoms with Gasteiger partial charge in [0.05, 0.1) is 19.4 Å². The Morgan fingerprint density at radius 2 is 1.94 bits per heavy atom. The van der Waals surface area contributed by atoms with Crippen molar-refractivity contribution < 1.29 is 4.74 Å². The topological polar surface area (TPSA) is 68.4 Å². The molecule has 184 valence electrons. The maximum atomic E-state index is 13.5. The fraction of sp³-hybridized carbons (Fsp3) is 0.577. The van der Waals surface area contributed by atoms with Gasteiger partial charge >= 0.3 is 0 Å². The molecule has 0 radical (unpaired) electrons. The lowest BCUT2D eigenvalue weighted by atomic mass is 9.92. The van der Waals surface area contributed by atoms with E-state index in [1.54, 1.807) is 17.9 Å². The van der Waals surface area contributed by atoms with E-state index in [9.17, 15) is 4.79 Å². The van der Waals surface area contributed by atoms with Gasteiger partial charge in [-0.15, -0.1) is 0 Å². The van der Waals surface area contributed by atoms with Gasteiger partial charge in [-0.2, -0.15) is 5.10 Å². The van der Waals surface area contributed by atoms with Crippen molar-refractivity contribution in [3.63, 3.8) is 0 Å². The van der Waals surface area contributed by atoms with Crippen LogP contribution in [0.2, 0.25) is 0 Å². The van der Waals surface area contributed by atoms with Crippen LogP contribution in [-0.4, -0.2) is 52.2 Å². The Balaban J connectivity index is 1.73. The molecule has 0 unspecified atom stereocenters. The fourth-order valence-electron chi connectivity index (χ4n) is 4.42. The molecule has 0 spiro atoms. The van der Waals surface area contributed by atoms with Crippen LogP contribution in [0.3, 0.4) is 0 Å². The monoisotopic (exact) mass is 466 g/mol. The van der Waals surface area contributed by atoms with Gasteiger partial charge in [-0.1, -0.05) is 39.8 Å². The van der Waals surface area contributed by atoms with E-state index < -0.39 is 0 Å². The number of nitrogens with zero attached hydrogens (tertiary/aromatic N) is 6. The SMILES string of the molecule is CCCn1c(N(CCC(C)(C)C)Cc2cccc(N3CCOCC3)c2)nc2cnn(C)c2c1=O. The van der Waals surface area contributed by atoms with Crippen LogP contribution >= 0.6 is 0 Å². The fourth-order valence-corrected chi connectivity index (χ4v) is 4.42. The van der Waals surface area contributed by atoms with Gasteiger partial charge in [-0.05, 0) is 36.0 Å². The molecular formula is C26H38N6O2. The lowest BCUT2D eigenvalue weighted by molar-refractivity contribution is 0.122. The zero-order valence-electron chi connectivity index (χ0n) is 21.3. The van der Waals surface area contributed by atoms with Gasteiger partial charge in [0, 0.05) is 45.5 Å². The van der Waals surface area contributed by atoms with Gasteiger partial charge in [0.2, 0.25) is 5.95 Å². The summed E-state index contributed by atoms with van der Waals surface area (Å²) >= 11 is 0. The van der Waals surface area contributed by atoms with E-state index in [0.717, 1.165) is 51.6 Å². The molecule has 4 rings (SSSR count). The maximum Gasteiger partial charge on any atom is 0.281 e. The van der Waals surface area contributed by atoms with Crippen molar-refractivity contribution in [2.75, 3.05) is 42.6 Å². The number of hydrogen-bond acceptors (Lipinski definition) is 6. The Kier molecular flexibility index (Phi) is 7.26. The highest BCUT2D eigenvalue weighted by molar-refractivity contribution is 5.74. The van der Waals surface area contributed by atoms with Crippen LogP contribution < -0.4 is 15.4 Å². The smallest absolute Gasteiger partial charge is 0.281 e. The van der Waals surface area contributed by atoms with Gasteiger partial charge < -0.3 is 14.5 Å². The minimum atomic E-state index is -0.0234. The van der Waals surface area contributed by atoms with Crippen LogP contribution in [0.15, 0.2) is 35.3 Å². The Morgan fingerprint density at radius 1 is 1.18 bits per heavy atom. The third kappa shape index (κ3) is 5.43. The molecule has 3 aromatic rings. The first kappa shape index (κ1) is 24.3. The molecule has 1 fully saturated rings. The molecule has 3 heterocycles. The molecule has 1 aliphatic heterocycles. The van der Waals surface area contributed by atoms with E-state index in [1.165, 1.54) is 11.3 Å². The first-order valence-electron chi connectivity index (χ1n) is 12.4. The number of aryl methyl sites for hydroxylation is 1. The van der Waals surface area contributed by atoms with Crippen LogP contribution in [-0.2, 0) is 24.9 Å². The quantitative estimate of drug-likeness (QED) is 0.503. The Labute approximate surface area is 202 Å². The van der Waals surface area contributed by atoms with E-state index in [2.05, 4.69) is 66.9 Å². The van der Waals surface area contributed by atoms with Crippen LogP contribution in [0, 0.1) is 5.41 Å². The molecule has 0 bridgehead atoms. The van der Waals surface area contributed by atoms with Crippen molar-refractivity contribution in [2.24, 2.45) is 12.5 Å². The van der Waals surface area contributed by atoms with E-state index in [4.69, 9.17) is 9.72 Å². The highest BCUT2D eigenvalue weighted by Gasteiger charge is 2.22. The van der Waals surface area contributed by atoms with E-state index >= 15 is 0 Å². The van der Waals surface area contributed by atoms with Crippen molar-refractivity contribution in [1.82, 2.24) is 19.3 Å². The summed E-state index contributed by atoms with van der Waals surface area (Å²) in [7, 11) is 1.80. The summed E-state index contributed by atoms with van der Waals surface area (Å²) in [6.45, 7) is 14.3. The first-order chi connectivity index (χ1) is 16.3. The van der Waals surface area contributed by atoms with E-state index in [1.807, 2.05) is 4.57 Å². The van der Waals surface area contributed by atoms with Crippen molar-refractivity contribution in [1.29, 1.82) is 0 Å². The molecule has 0 N–H and O–H groups in total. The molecule has 8 heteroatoms. The minimum Gasteiger partial charge on any atom is -0.378 e. The summed E-state index contributed by atoms with van der Waals surface area (Å²) < 4.78 is 8.99. The van der Waals surface area contributed by atoms with Crippen molar-refractivity contribution in [2.45, 2.75) is 53.6 Å². The highest BCUT2D eigenvalue weighted by atomic mass is 16.5. The molecule has 1 aromatic carbocycles. The number of morpholine rings is 1. The van der Waals surface area contributed by atoms with Crippen LogP contribution in [0.4, 0.5) is 11.6 Å². The molecule has 34 heavy (non-hydrogen) atoms. The summed E-state index contributed by atoms with van der Waals surface area (Å²) in [4.78, 5) is 23.1. The zero-order chi connectivity index (χ0) is 24.3. The summed E-state index contributed by atoms with van der Waals surface area (Å²) in [5.74, 6) is 0.730. The molecule has 0 atom stereocenters. The summed E-state index contributed by atoms with van der Waals surface area (Å²) in [6, 6.07) is 8.72. The average Bonchev–Trinajstić information content (AvgIpc) is 3.19.